The van der Waals surface area contributed by atoms with Crippen LogP contribution < -0.4 is 0 Å². The van der Waals surface area contributed by atoms with Crippen LogP contribution in [0.1, 0.15) is 17.7 Å². The highest BCUT2D eigenvalue weighted by Crippen LogP contribution is 2.33. The van der Waals surface area contributed by atoms with Crippen LogP contribution in [0, 0.1) is 0 Å². The molecular formula is C16H13N. The molecule has 1 N–H and O–H groups in total. The summed E-state index contributed by atoms with van der Waals surface area (Å²) in [6.07, 6.45) is 6.77. The lowest BCUT2D eigenvalue weighted by atomic mass is 9.97. The molecule has 1 heteroatoms. The van der Waals surface area contributed by atoms with Crippen LogP contribution in [0.15, 0.2) is 42.5 Å². The molecule has 1 nitrogen and oxygen atoms in total. The molecule has 1 aromatic heterocycles. The quantitative estimate of drug-likeness (QED) is 0.581. The van der Waals surface area contributed by atoms with Crippen LogP contribution in [0.2, 0.25) is 0 Å². The predicted molar refractivity (Wildman–Crippen MR) is 73.2 cm³/mol. The number of nitrogens with one attached hydrogen (secondary N) is 1. The van der Waals surface area contributed by atoms with Gasteiger partial charge in [0.1, 0.15) is 0 Å². The second kappa shape index (κ2) is 3.24. The van der Waals surface area contributed by atoms with E-state index in [9.17, 15) is 0 Å². The minimum absolute atomic E-state index is 1.15. The molecule has 2 aromatic carbocycles. The van der Waals surface area contributed by atoms with E-state index in [2.05, 4.69) is 53.5 Å². The molecule has 0 fully saturated rings. The van der Waals surface area contributed by atoms with E-state index in [1.54, 1.807) is 0 Å². The summed E-state index contributed by atoms with van der Waals surface area (Å²) in [6, 6.07) is 13.0. The van der Waals surface area contributed by atoms with Gasteiger partial charge in [0.25, 0.3) is 0 Å². The first-order valence-electron chi connectivity index (χ1n) is 6.12. The van der Waals surface area contributed by atoms with Gasteiger partial charge in [0.15, 0.2) is 0 Å². The van der Waals surface area contributed by atoms with Crippen LogP contribution in [0.25, 0.3) is 27.8 Å². The van der Waals surface area contributed by atoms with Crippen molar-refractivity contribution in [1.29, 1.82) is 0 Å². The smallest absolute Gasteiger partial charge is 0.0468 e. The molecule has 0 aliphatic heterocycles. The number of aromatic nitrogens is 1. The number of aromatic amines is 1. The number of H-pyrrole nitrogens is 1. The summed E-state index contributed by atoms with van der Waals surface area (Å²) in [5.41, 5.74) is 4.04. The van der Waals surface area contributed by atoms with Crippen molar-refractivity contribution in [3.05, 3.63) is 53.7 Å². The zero-order chi connectivity index (χ0) is 11.2. The van der Waals surface area contributed by atoms with Gasteiger partial charge < -0.3 is 4.98 Å². The zero-order valence-corrected chi connectivity index (χ0v) is 9.53. The van der Waals surface area contributed by atoms with Crippen LogP contribution in [0.4, 0.5) is 0 Å². The lowest BCUT2D eigenvalue weighted by molar-refractivity contribution is 0.993. The lowest BCUT2D eigenvalue weighted by Crippen LogP contribution is -1.90. The highest BCUT2D eigenvalue weighted by atomic mass is 14.7. The van der Waals surface area contributed by atoms with E-state index < -0.39 is 0 Å². The molecule has 3 aromatic rings. The van der Waals surface area contributed by atoms with Crippen LogP contribution in [0.3, 0.4) is 0 Å². The average molecular weight is 219 g/mol. The molecule has 1 heterocycles. The SMILES string of the molecule is C1=Cc2[nH]c3ccc4ccccc4c3c2CC1. The molecule has 82 valence electrons. The molecule has 0 saturated carbocycles. The monoisotopic (exact) mass is 219 g/mol. The van der Waals surface area contributed by atoms with Crippen LogP contribution >= 0.6 is 0 Å². The number of allylic oxidation sites excluding steroid dienone is 1. The molecule has 0 bridgehead atoms. The van der Waals surface area contributed by atoms with E-state index in [0.29, 0.717) is 0 Å². The minimum Gasteiger partial charge on any atom is -0.355 e. The normalized spacial score (nSPS) is 14.4. The first kappa shape index (κ1) is 9.06. The average Bonchev–Trinajstić information content (AvgIpc) is 2.77. The Kier molecular flexibility index (Phi) is 1.72. The van der Waals surface area contributed by atoms with E-state index in [4.69, 9.17) is 0 Å². The van der Waals surface area contributed by atoms with Crippen molar-refractivity contribution in [2.45, 2.75) is 12.8 Å². The van der Waals surface area contributed by atoms with Crippen LogP contribution in [0.5, 0.6) is 0 Å². The molecule has 0 amide bonds. The maximum atomic E-state index is 3.52. The largest absolute Gasteiger partial charge is 0.355 e. The van der Waals surface area contributed by atoms with E-state index in [0.717, 1.165) is 12.8 Å². The third-order valence-corrected chi connectivity index (χ3v) is 3.67. The van der Waals surface area contributed by atoms with E-state index in [1.807, 2.05) is 0 Å². The van der Waals surface area contributed by atoms with Gasteiger partial charge >= 0.3 is 0 Å². The van der Waals surface area contributed by atoms with Crippen LogP contribution in [-0.2, 0) is 6.42 Å². The summed E-state index contributed by atoms with van der Waals surface area (Å²) in [4.78, 5) is 3.52. The number of hydrogen-bond acceptors (Lipinski definition) is 0. The molecule has 1 aliphatic carbocycles. The van der Waals surface area contributed by atoms with Crippen LogP contribution in [-0.4, -0.2) is 4.98 Å². The van der Waals surface area contributed by atoms with Crippen molar-refractivity contribution in [3.63, 3.8) is 0 Å². The molecule has 0 spiro atoms. The van der Waals surface area contributed by atoms with E-state index >= 15 is 0 Å². The highest BCUT2D eigenvalue weighted by Gasteiger charge is 2.13. The molecule has 0 saturated heterocycles. The van der Waals surface area contributed by atoms with Gasteiger partial charge in [0.05, 0.1) is 0 Å². The van der Waals surface area contributed by atoms with Gasteiger partial charge in [-0.25, -0.2) is 0 Å². The van der Waals surface area contributed by atoms with Gasteiger partial charge in [-0.2, -0.15) is 0 Å². The Balaban J connectivity index is 2.25. The Morgan fingerprint density at radius 1 is 1.00 bits per heavy atom. The fourth-order valence-corrected chi connectivity index (χ4v) is 2.89. The number of fused-ring (bicyclic) bond motifs is 5. The first-order valence-corrected chi connectivity index (χ1v) is 6.12. The van der Waals surface area contributed by atoms with Crippen molar-refractivity contribution in [2.24, 2.45) is 0 Å². The summed E-state index contributed by atoms with van der Waals surface area (Å²) in [5, 5.41) is 4.12. The number of aryl methyl sites for hydroxylation is 1. The topological polar surface area (TPSA) is 15.8 Å². The first-order chi connectivity index (χ1) is 8.43. The fourth-order valence-electron chi connectivity index (χ4n) is 2.89. The van der Waals surface area contributed by atoms with Gasteiger partial charge in [-0.1, -0.05) is 36.4 Å². The molecule has 17 heavy (non-hydrogen) atoms. The van der Waals surface area contributed by atoms with Crippen molar-refractivity contribution in [3.8, 4) is 0 Å². The summed E-state index contributed by atoms with van der Waals surface area (Å²) in [6.45, 7) is 0. The summed E-state index contributed by atoms with van der Waals surface area (Å²) >= 11 is 0. The standard InChI is InChI=1S/C16H13N/c1-2-6-12-11(5-1)9-10-15-16(12)13-7-3-4-8-14(13)17-15/h1-2,4-6,8-10,17H,3,7H2. The zero-order valence-electron chi connectivity index (χ0n) is 9.53. The maximum Gasteiger partial charge on any atom is 0.0468 e. The number of rotatable bonds is 0. The molecular weight excluding hydrogens is 206 g/mol. The van der Waals surface area contributed by atoms with Gasteiger partial charge in [-0.15, -0.1) is 0 Å². The van der Waals surface area contributed by atoms with Gasteiger partial charge in [-0.05, 0) is 41.3 Å². The Labute approximate surface area is 99.8 Å². The van der Waals surface area contributed by atoms with Gasteiger partial charge in [0.2, 0.25) is 0 Å². The van der Waals surface area contributed by atoms with Crippen molar-refractivity contribution >= 4 is 27.8 Å². The molecule has 4 rings (SSSR count). The van der Waals surface area contributed by atoms with E-state index in [-0.39, 0.29) is 0 Å². The maximum absolute atomic E-state index is 3.52. The van der Waals surface area contributed by atoms with Gasteiger partial charge in [-0.3, -0.25) is 0 Å². The number of benzene rings is 2. The highest BCUT2D eigenvalue weighted by molar-refractivity contribution is 6.09. The number of hydrogen-bond donors (Lipinski definition) is 1. The van der Waals surface area contributed by atoms with Crippen molar-refractivity contribution in [1.82, 2.24) is 4.98 Å². The van der Waals surface area contributed by atoms with Crippen molar-refractivity contribution in [2.75, 3.05) is 0 Å². The fraction of sp³-hybridized carbons (Fsp3) is 0.125. The molecule has 0 unspecified atom stereocenters. The second-order valence-corrected chi connectivity index (χ2v) is 4.67. The molecule has 1 aliphatic rings. The Morgan fingerprint density at radius 2 is 1.94 bits per heavy atom. The second-order valence-electron chi connectivity index (χ2n) is 4.67. The van der Waals surface area contributed by atoms with E-state index in [1.165, 1.54) is 32.9 Å². The predicted octanol–water partition coefficient (Wildman–Crippen LogP) is 4.28. The third-order valence-electron chi connectivity index (χ3n) is 3.67. The Hall–Kier alpha value is -2.02. The van der Waals surface area contributed by atoms with Gasteiger partial charge in [0, 0.05) is 16.6 Å². The summed E-state index contributed by atoms with van der Waals surface area (Å²) in [7, 11) is 0. The molecule has 0 atom stereocenters. The minimum atomic E-state index is 1.15. The summed E-state index contributed by atoms with van der Waals surface area (Å²) in [5.74, 6) is 0. The third kappa shape index (κ3) is 1.19. The lowest BCUT2D eigenvalue weighted by Gasteiger charge is -2.06. The Morgan fingerprint density at radius 3 is 2.94 bits per heavy atom. The van der Waals surface area contributed by atoms with Crippen molar-refractivity contribution < 1.29 is 0 Å². The Bertz CT molecular complexity index is 747. The molecule has 0 radical (unpaired) electrons. The summed E-state index contributed by atoms with van der Waals surface area (Å²) < 4.78 is 0.